The van der Waals surface area contributed by atoms with Crippen LogP contribution in [0.2, 0.25) is 0 Å². The molecule has 6 N–H and O–H groups in total. The SMILES string of the molecule is C=C1C[C@H]2C(S(=O)(=O)O)Cc3cc(OCCCC(=O)Nc4cn(C)c(C(=O)Cc5cc(C(=O)Nc6cc(C(=O)n7ccc8cc(CC(=O)[C@H](C)NC(=O)[C@@H](NC(=O)CCNC(=O)OCC(CC(=O)CC)C(=O)CCCOCCOCCOCCOCCOCCOCCOCCOC)C(C)C)ccc87)n(C)c6)n(C)c5)n4)c(C)cc3C(=O)N2C1. The molecule has 1 fully saturated rings. The van der Waals surface area contributed by atoms with E-state index in [-0.39, 0.29) is 143 Å². The normalized spacial score (nSPS) is 14.8. The zero-order valence-corrected chi connectivity index (χ0v) is 70.1. The maximum Gasteiger partial charge on any atom is 0.407 e. The van der Waals surface area contributed by atoms with Gasteiger partial charge in [0, 0.05) is 129 Å². The predicted octanol–water partition coefficient (Wildman–Crippen LogP) is 6.08. The highest BCUT2D eigenvalue weighted by molar-refractivity contribution is 7.86. The Hall–Kier alpha value is -10.2. The van der Waals surface area contributed by atoms with Gasteiger partial charge in [0.05, 0.1) is 128 Å². The van der Waals surface area contributed by atoms with Crippen molar-refractivity contribution in [3.63, 3.8) is 0 Å². The average Bonchev–Trinajstić information content (AvgIpc) is 1.60. The summed E-state index contributed by atoms with van der Waals surface area (Å²) in [5.41, 5.74) is 4.48. The van der Waals surface area contributed by atoms with Crippen molar-refractivity contribution in [2.75, 3.05) is 143 Å². The number of methoxy groups -OCH3 is 1. The number of carbonyl (C=O) groups is 11. The summed E-state index contributed by atoms with van der Waals surface area (Å²) in [4.78, 5) is 153. The number of ether oxygens (including phenoxy) is 10. The number of hydrogen-bond acceptors (Lipinski definition) is 24. The van der Waals surface area contributed by atoms with Crippen LogP contribution in [0.1, 0.15) is 143 Å². The maximum atomic E-state index is 14.2. The summed E-state index contributed by atoms with van der Waals surface area (Å²) in [7, 11) is 2.00. The van der Waals surface area contributed by atoms with E-state index < -0.39 is 86.7 Å². The van der Waals surface area contributed by atoms with Crippen LogP contribution < -0.4 is 31.3 Å². The number of benzene rings is 2. The smallest absolute Gasteiger partial charge is 0.407 e. The molecule has 1 saturated heterocycles. The summed E-state index contributed by atoms with van der Waals surface area (Å²) >= 11 is 0. The first-order chi connectivity index (χ1) is 56.9. The lowest BCUT2D eigenvalue weighted by Crippen LogP contribution is -2.53. The molecule has 650 valence electrons. The Morgan fingerprint density at radius 2 is 1.29 bits per heavy atom. The number of nitrogens with zero attached hydrogens (tertiary/aromatic N) is 6. The molecule has 0 radical (unpaired) electrons. The number of amides is 6. The van der Waals surface area contributed by atoms with Crippen molar-refractivity contribution in [1.82, 2.24) is 44.1 Å². The number of fused-ring (bicyclic) bond motifs is 3. The van der Waals surface area contributed by atoms with Gasteiger partial charge in [-0.25, -0.2) is 9.78 Å². The Bertz CT molecular complexity index is 4640. The van der Waals surface area contributed by atoms with Crippen LogP contribution in [0.25, 0.3) is 10.9 Å². The highest BCUT2D eigenvalue weighted by Crippen LogP contribution is 2.37. The van der Waals surface area contributed by atoms with Crippen LogP contribution >= 0.6 is 0 Å². The molecule has 0 aliphatic carbocycles. The van der Waals surface area contributed by atoms with E-state index in [1.807, 2.05) is 0 Å². The molecule has 0 spiro atoms. The van der Waals surface area contributed by atoms with Crippen molar-refractivity contribution in [3.05, 3.63) is 130 Å². The Balaban J connectivity index is 0.696. The second-order valence-corrected chi connectivity index (χ2v) is 31.3. The number of alkyl carbamates (subject to hydrolysis) is 1. The van der Waals surface area contributed by atoms with Crippen molar-refractivity contribution >= 4 is 97.2 Å². The van der Waals surface area contributed by atoms with E-state index in [2.05, 4.69) is 38.1 Å². The van der Waals surface area contributed by atoms with E-state index in [4.69, 9.17) is 47.4 Å². The molecule has 0 bridgehead atoms. The lowest BCUT2D eigenvalue weighted by Gasteiger charge is -2.26. The molecule has 8 rings (SSSR count). The van der Waals surface area contributed by atoms with Gasteiger partial charge in [0.1, 0.15) is 46.6 Å². The first-order valence-corrected chi connectivity index (χ1v) is 41.4. The number of rotatable bonds is 54. The summed E-state index contributed by atoms with van der Waals surface area (Å²) in [5.74, 6) is -4.70. The number of nitrogens with one attached hydrogen (secondary N) is 5. The number of carbonyl (C=O) groups excluding carboxylic acids is 11. The molecule has 6 aromatic rings. The second-order valence-electron chi connectivity index (χ2n) is 29.6. The molecule has 2 aromatic carbocycles. The quantitative estimate of drug-likeness (QED) is 0.0109. The molecule has 2 unspecified atom stereocenters. The van der Waals surface area contributed by atoms with Gasteiger partial charge < -0.3 is 92.6 Å². The van der Waals surface area contributed by atoms with Gasteiger partial charge in [-0.1, -0.05) is 39.0 Å². The molecule has 36 heteroatoms. The average molecular weight is 1680 g/mol. The fourth-order valence-corrected chi connectivity index (χ4v) is 14.6. The Kier molecular flexibility index (Phi) is 37.3. The van der Waals surface area contributed by atoms with Crippen LogP contribution in [-0.2, 0) is 122 Å². The standard InChI is InChI=1S/C83H113N11O24S/c1-11-63(95)44-61(69(96)14-12-22-110-26-27-112-30-31-114-34-35-116-37-36-115-33-32-113-29-28-111-25-24-109-10)52-118-83(105)84-20-18-76(100)89-77(53(2)3)80(102)85-56(6)70(97)42-57-16-17-65-59(40-57)19-21-93(65)82(104)68-47-62(50-91(68)8)86-79(101)67-41-58(49-90(67)7)43-71(98)78-88-74(51-92(78)9)87-75(99)15-13-23-117-72-45-60-46-73(119(106,107)108)66-38-54(4)48-94(66)81(103)64(60)39-55(72)5/h16-17,19,21,39-41,45,47,49-51,53,56,61,66,73,77H,4,11-15,18,20,22-38,42-44,46,48,52H2,1-3,5-10H3,(H,84,105)(H,85,102)(H,86,101)(H,87,99)(H,89,100)(H,106,107,108)/t56-,61?,66-,73?,77-/m0/s1. The summed E-state index contributed by atoms with van der Waals surface area (Å²) < 4.78 is 95.9. The number of anilines is 2. The largest absolute Gasteiger partial charge is 0.493 e. The minimum absolute atomic E-state index is 0.0167. The molecule has 2 aliphatic heterocycles. The second kappa shape index (κ2) is 47.0. The molecule has 0 saturated carbocycles. The zero-order chi connectivity index (χ0) is 86.3. The van der Waals surface area contributed by atoms with Gasteiger partial charge in [-0.3, -0.25) is 57.1 Å². The third-order valence-corrected chi connectivity index (χ3v) is 21.2. The highest BCUT2D eigenvalue weighted by Gasteiger charge is 2.46. The van der Waals surface area contributed by atoms with E-state index in [1.54, 1.807) is 126 Å². The monoisotopic (exact) mass is 1680 g/mol. The van der Waals surface area contributed by atoms with Gasteiger partial charge >= 0.3 is 6.09 Å². The maximum absolute atomic E-state index is 14.2. The van der Waals surface area contributed by atoms with Crippen molar-refractivity contribution in [2.24, 2.45) is 33.0 Å². The van der Waals surface area contributed by atoms with Crippen LogP contribution in [0.15, 0.2) is 85.5 Å². The Morgan fingerprint density at radius 1 is 0.664 bits per heavy atom. The van der Waals surface area contributed by atoms with Crippen LogP contribution in [0.5, 0.6) is 5.75 Å². The molecule has 2 aliphatic rings. The van der Waals surface area contributed by atoms with Crippen LogP contribution in [0, 0.1) is 18.8 Å². The van der Waals surface area contributed by atoms with Gasteiger partial charge in [0.25, 0.3) is 27.8 Å². The topological polar surface area (TPSA) is 430 Å². The fraction of sp³-hybridized carbons (Fsp3) is 0.542. The minimum atomic E-state index is -4.53. The van der Waals surface area contributed by atoms with E-state index in [0.29, 0.717) is 155 Å². The van der Waals surface area contributed by atoms with Gasteiger partial charge in [0.2, 0.25) is 23.5 Å². The molecular formula is C83H113N11O24S. The molecular weight excluding hydrogens is 1570 g/mol. The number of ketones is 4. The molecule has 6 amide bonds. The number of hydrogen-bond donors (Lipinski definition) is 6. The van der Waals surface area contributed by atoms with Crippen LogP contribution in [0.4, 0.5) is 16.3 Å². The third-order valence-electron chi connectivity index (χ3n) is 20.0. The molecule has 4 aromatic heterocycles. The molecule has 119 heavy (non-hydrogen) atoms. The fourth-order valence-electron chi connectivity index (χ4n) is 13.5. The van der Waals surface area contributed by atoms with Crippen molar-refractivity contribution in [2.45, 2.75) is 129 Å². The zero-order valence-electron chi connectivity index (χ0n) is 69.2. The van der Waals surface area contributed by atoms with E-state index in [1.165, 1.54) is 33.2 Å². The van der Waals surface area contributed by atoms with Crippen LogP contribution in [-0.4, -0.2) is 262 Å². The summed E-state index contributed by atoms with van der Waals surface area (Å²) in [6.45, 7) is 18.4. The van der Waals surface area contributed by atoms with Crippen molar-refractivity contribution < 1.29 is 113 Å². The summed E-state index contributed by atoms with van der Waals surface area (Å²) in [6.07, 6.45) is 5.94. The number of aromatic nitrogens is 5. The van der Waals surface area contributed by atoms with Crippen molar-refractivity contribution in [1.29, 1.82) is 0 Å². The van der Waals surface area contributed by atoms with Gasteiger partial charge in [-0.15, -0.1) is 0 Å². The number of Topliss-reactive ketones (excluding diaryl/α,β-unsaturated/α-hetero) is 4. The van der Waals surface area contributed by atoms with Gasteiger partial charge in [-0.05, 0) is 110 Å². The van der Waals surface area contributed by atoms with Gasteiger partial charge in [-0.2, -0.15) is 8.42 Å². The molecule has 6 heterocycles. The molecule has 35 nitrogen and oxygen atoms in total. The number of imidazole rings is 1. The van der Waals surface area contributed by atoms with Gasteiger partial charge in [0.15, 0.2) is 17.4 Å². The third kappa shape index (κ3) is 29.1. The summed E-state index contributed by atoms with van der Waals surface area (Å²) in [5, 5.41) is 12.8. The predicted molar refractivity (Wildman–Crippen MR) is 436 cm³/mol. The lowest BCUT2D eigenvalue weighted by atomic mass is 9.95. The summed E-state index contributed by atoms with van der Waals surface area (Å²) in [6, 6.07) is 10.5. The Morgan fingerprint density at radius 3 is 1.92 bits per heavy atom. The van der Waals surface area contributed by atoms with Crippen LogP contribution in [0.3, 0.4) is 0 Å². The van der Waals surface area contributed by atoms with Crippen molar-refractivity contribution in [3.8, 4) is 5.75 Å². The first-order valence-electron chi connectivity index (χ1n) is 39.9. The Labute approximate surface area is 692 Å². The number of aryl methyl sites for hydroxylation is 4. The van der Waals surface area contributed by atoms with E-state index >= 15 is 0 Å². The minimum Gasteiger partial charge on any atom is -0.493 e. The van der Waals surface area contributed by atoms with E-state index in [9.17, 15) is 65.7 Å². The highest BCUT2D eigenvalue weighted by atomic mass is 32.2. The first kappa shape index (κ1) is 94.3. The van der Waals surface area contributed by atoms with E-state index in [0.717, 1.165) is 0 Å². The lowest BCUT2D eigenvalue weighted by molar-refractivity contribution is -0.132. The molecule has 5 atom stereocenters.